The third-order valence-electron chi connectivity index (χ3n) is 5.16. The number of hydrogen-bond donors (Lipinski definition) is 1. The number of methoxy groups -OCH3 is 1. The molecule has 1 aliphatic rings. The molecular formula is C24H20N2O4. The number of Topliss-reactive ketones (excluding diaryl/α,β-unsaturated/α-hetero) is 1. The smallest absolute Gasteiger partial charge is 0.300 e. The number of rotatable bonds is 4. The second-order valence-corrected chi connectivity index (χ2v) is 6.97. The highest BCUT2D eigenvalue weighted by Crippen LogP contribution is 2.42. The summed E-state index contributed by atoms with van der Waals surface area (Å²) in [7, 11) is 1.52. The quantitative estimate of drug-likeness (QED) is 0.406. The van der Waals surface area contributed by atoms with E-state index in [1.165, 1.54) is 12.0 Å². The number of carbonyl (C=O) groups is 2. The molecule has 6 heteroatoms. The first-order chi connectivity index (χ1) is 14.5. The van der Waals surface area contributed by atoms with Crippen molar-refractivity contribution in [1.29, 1.82) is 0 Å². The zero-order chi connectivity index (χ0) is 21.3. The standard InChI is InChI=1S/C24H20N2O4/c1-15-7-3-4-11-19(15)26-21(17-9-6-12-25-14-17)20(23(28)24(26)29)22(27)16-8-5-10-18(13-16)30-2/h3-14,21,27H,1-2H3/b22-20-. The van der Waals surface area contributed by atoms with E-state index in [-0.39, 0.29) is 11.3 Å². The first-order valence-corrected chi connectivity index (χ1v) is 9.44. The fourth-order valence-corrected chi connectivity index (χ4v) is 3.69. The van der Waals surface area contributed by atoms with Gasteiger partial charge in [-0.3, -0.25) is 19.5 Å². The molecule has 2 aromatic carbocycles. The largest absolute Gasteiger partial charge is 0.507 e. The highest BCUT2D eigenvalue weighted by Gasteiger charge is 2.47. The molecule has 3 aromatic rings. The summed E-state index contributed by atoms with van der Waals surface area (Å²) in [6.07, 6.45) is 3.21. The Morgan fingerprint density at radius 3 is 2.57 bits per heavy atom. The van der Waals surface area contributed by atoms with Gasteiger partial charge in [0.1, 0.15) is 11.5 Å². The van der Waals surface area contributed by atoms with E-state index in [9.17, 15) is 14.7 Å². The normalized spacial score (nSPS) is 17.9. The van der Waals surface area contributed by atoms with Gasteiger partial charge in [0.05, 0.1) is 18.7 Å². The number of para-hydroxylation sites is 1. The van der Waals surface area contributed by atoms with Crippen LogP contribution in [-0.2, 0) is 9.59 Å². The van der Waals surface area contributed by atoms with Gasteiger partial charge in [-0.15, -0.1) is 0 Å². The number of ketones is 1. The molecule has 1 unspecified atom stereocenters. The molecule has 1 aliphatic heterocycles. The second-order valence-electron chi connectivity index (χ2n) is 6.97. The van der Waals surface area contributed by atoms with E-state index < -0.39 is 17.7 Å². The monoisotopic (exact) mass is 400 g/mol. The minimum Gasteiger partial charge on any atom is -0.507 e. The lowest BCUT2D eigenvalue weighted by atomic mass is 9.96. The van der Waals surface area contributed by atoms with Crippen molar-refractivity contribution in [3.8, 4) is 5.75 Å². The number of aliphatic hydroxyl groups excluding tert-OH is 1. The lowest BCUT2D eigenvalue weighted by Crippen LogP contribution is -2.30. The molecule has 0 radical (unpaired) electrons. The van der Waals surface area contributed by atoms with E-state index in [0.717, 1.165) is 5.56 Å². The SMILES string of the molecule is COc1cccc(/C(O)=C2/C(=O)C(=O)N(c3ccccc3C)C2c2cccnc2)c1. The van der Waals surface area contributed by atoms with Crippen molar-refractivity contribution in [3.05, 3.63) is 95.3 Å². The highest BCUT2D eigenvalue weighted by atomic mass is 16.5. The van der Waals surface area contributed by atoms with Crippen molar-refractivity contribution in [2.24, 2.45) is 0 Å². The van der Waals surface area contributed by atoms with Crippen molar-refractivity contribution >= 4 is 23.1 Å². The molecule has 0 saturated carbocycles. The van der Waals surface area contributed by atoms with Gasteiger partial charge in [-0.2, -0.15) is 0 Å². The molecule has 6 nitrogen and oxygen atoms in total. The van der Waals surface area contributed by atoms with Gasteiger partial charge in [0, 0.05) is 23.6 Å². The van der Waals surface area contributed by atoms with Gasteiger partial charge >= 0.3 is 0 Å². The molecule has 1 amide bonds. The van der Waals surface area contributed by atoms with Crippen molar-refractivity contribution in [3.63, 3.8) is 0 Å². The summed E-state index contributed by atoms with van der Waals surface area (Å²) in [5.74, 6) is -1.16. The van der Waals surface area contributed by atoms with E-state index in [0.29, 0.717) is 22.6 Å². The Balaban J connectivity index is 1.96. The highest BCUT2D eigenvalue weighted by molar-refractivity contribution is 6.51. The number of ether oxygens (including phenoxy) is 1. The van der Waals surface area contributed by atoms with Crippen LogP contribution in [0.25, 0.3) is 5.76 Å². The van der Waals surface area contributed by atoms with Crippen LogP contribution < -0.4 is 9.64 Å². The van der Waals surface area contributed by atoms with Crippen molar-refractivity contribution < 1.29 is 19.4 Å². The Kier molecular flexibility index (Phi) is 5.06. The van der Waals surface area contributed by atoms with Crippen LogP contribution in [-0.4, -0.2) is 28.9 Å². The second kappa shape index (κ2) is 7.83. The maximum Gasteiger partial charge on any atom is 0.300 e. The third-order valence-corrected chi connectivity index (χ3v) is 5.16. The number of aryl methyl sites for hydroxylation is 1. The van der Waals surface area contributed by atoms with Crippen LogP contribution in [0, 0.1) is 6.92 Å². The average molecular weight is 400 g/mol. The molecule has 0 bridgehead atoms. The summed E-state index contributed by atoms with van der Waals surface area (Å²) in [4.78, 5) is 31.8. The summed E-state index contributed by atoms with van der Waals surface area (Å²) >= 11 is 0. The summed E-state index contributed by atoms with van der Waals surface area (Å²) in [6, 6.07) is 16.8. The van der Waals surface area contributed by atoms with Crippen LogP contribution in [0.2, 0.25) is 0 Å². The maximum atomic E-state index is 13.1. The fraction of sp³-hybridized carbons (Fsp3) is 0.125. The lowest BCUT2D eigenvalue weighted by Gasteiger charge is -2.26. The number of nitrogens with zero attached hydrogens (tertiary/aromatic N) is 2. The minimum atomic E-state index is -0.800. The van der Waals surface area contributed by atoms with E-state index in [4.69, 9.17) is 4.74 Å². The first kappa shape index (κ1) is 19.4. The summed E-state index contributed by atoms with van der Waals surface area (Å²) in [5.41, 5.74) is 2.49. The molecule has 4 rings (SSSR count). The number of amides is 1. The van der Waals surface area contributed by atoms with E-state index in [1.807, 2.05) is 25.1 Å². The van der Waals surface area contributed by atoms with E-state index in [1.54, 1.807) is 54.9 Å². The van der Waals surface area contributed by atoms with Gasteiger partial charge < -0.3 is 9.84 Å². The summed E-state index contributed by atoms with van der Waals surface area (Å²) < 4.78 is 5.23. The minimum absolute atomic E-state index is 0.0181. The van der Waals surface area contributed by atoms with Crippen molar-refractivity contribution in [2.45, 2.75) is 13.0 Å². The van der Waals surface area contributed by atoms with Crippen molar-refractivity contribution in [2.75, 3.05) is 12.0 Å². The van der Waals surface area contributed by atoms with Crippen LogP contribution in [0.5, 0.6) is 5.75 Å². The Morgan fingerprint density at radius 2 is 1.87 bits per heavy atom. The molecule has 1 fully saturated rings. The van der Waals surface area contributed by atoms with Crippen molar-refractivity contribution in [1.82, 2.24) is 4.98 Å². The zero-order valence-corrected chi connectivity index (χ0v) is 16.6. The summed E-state index contributed by atoms with van der Waals surface area (Å²) in [6.45, 7) is 1.87. The number of carbonyl (C=O) groups excluding carboxylic acids is 2. The van der Waals surface area contributed by atoms with Crippen LogP contribution in [0.4, 0.5) is 5.69 Å². The molecule has 1 atom stereocenters. The van der Waals surface area contributed by atoms with Gasteiger partial charge in [-0.05, 0) is 42.3 Å². The molecule has 1 saturated heterocycles. The molecule has 150 valence electrons. The van der Waals surface area contributed by atoms with Crippen LogP contribution in [0.3, 0.4) is 0 Å². The fourth-order valence-electron chi connectivity index (χ4n) is 3.69. The first-order valence-electron chi connectivity index (χ1n) is 9.44. The number of anilines is 1. The zero-order valence-electron chi connectivity index (χ0n) is 16.6. The molecule has 1 N–H and O–H groups in total. The van der Waals surface area contributed by atoms with Crippen LogP contribution >= 0.6 is 0 Å². The number of benzene rings is 2. The average Bonchev–Trinajstić information content (AvgIpc) is 3.05. The van der Waals surface area contributed by atoms with Crippen LogP contribution in [0.1, 0.15) is 22.7 Å². The van der Waals surface area contributed by atoms with Gasteiger partial charge in [0.15, 0.2) is 0 Å². The predicted molar refractivity (Wildman–Crippen MR) is 113 cm³/mol. The molecule has 30 heavy (non-hydrogen) atoms. The van der Waals surface area contributed by atoms with Gasteiger partial charge in [-0.25, -0.2) is 0 Å². The molecule has 0 aliphatic carbocycles. The summed E-state index contributed by atoms with van der Waals surface area (Å²) in [5, 5.41) is 11.1. The van der Waals surface area contributed by atoms with E-state index >= 15 is 0 Å². The number of aliphatic hydroxyl groups is 1. The van der Waals surface area contributed by atoms with Crippen LogP contribution in [0.15, 0.2) is 78.6 Å². The predicted octanol–water partition coefficient (Wildman–Crippen LogP) is 4.02. The Labute approximate surface area is 174 Å². The Hall–Kier alpha value is -3.93. The maximum absolute atomic E-state index is 13.1. The number of pyridine rings is 1. The Bertz CT molecular complexity index is 1150. The molecule has 2 heterocycles. The molecule has 0 spiro atoms. The third kappa shape index (κ3) is 3.22. The lowest BCUT2D eigenvalue weighted by molar-refractivity contribution is -0.132. The molecular weight excluding hydrogens is 380 g/mol. The number of aromatic nitrogens is 1. The number of hydrogen-bond acceptors (Lipinski definition) is 5. The van der Waals surface area contributed by atoms with Gasteiger partial charge in [0.25, 0.3) is 11.7 Å². The topological polar surface area (TPSA) is 79.7 Å². The van der Waals surface area contributed by atoms with Gasteiger partial charge in [0.2, 0.25) is 0 Å². The van der Waals surface area contributed by atoms with E-state index in [2.05, 4.69) is 4.98 Å². The Morgan fingerprint density at radius 1 is 1.07 bits per heavy atom. The molecule has 1 aromatic heterocycles. The van der Waals surface area contributed by atoms with Gasteiger partial charge in [-0.1, -0.05) is 36.4 Å².